The highest BCUT2D eigenvalue weighted by Gasteiger charge is 2.18. The summed E-state index contributed by atoms with van der Waals surface area (Å²) in [5, 5.41) is 4.31. The van der Waals surface area contributed by atoms with Crippen molar-refractivity contribution in [3.63, 3.8) is 0 Å². The van der Waals surface area contributed by atoms with Crippen LogP contribution in [0, 0.1) is 13.8 Å². The van der Waals surface area contributed by atoms with E-state index in [4.69, 9.17) is 4.74 Å². The van der Waals surface area contributed by atoms with E-state index in [0.717, 1.165) is 15.6 Å². The van der Waals surface area contributed by atoms with Gasteiger partial charge in [-0.25, -0.2) is 14.8 Å². The summed E-state index contributed by atoms with van der Waals surface area (Å²) in [6.45, 7) is 8.13. The molecule has 0 bridgehead atoms. The summed E-state index contributed by atoms with van der Waals surface area (Å²) in [6, 6.07) is 3.47. The number of thiazole rings is 1. The Morgan fingerprint density at radius 2 is 2.24 bits per heavy atom. The van der Waals surface area contributed by atoms with Crippen molar-refractivity contribution in [1.29, 1.82) is 0 Å². The number of aromatic nitrogens is 2. The number of pyridine rings is 1. The lowest BCUT2D eigenvalue weighted by atomic mass is 10.2. The van der Waals surface area contributed by atoms with Gasteiger partial charge in [-0.05, 0) is 39.8 Å². The molecule has 0 radical (unpaired) electrons. The topological polar surface area (TPSA) is 64.1 Å². The molecule has 2 heterocycles. The molecule has 21 heavy (non-hydrogen) atoms. The largest absolute Gasteiger partial charge is 0.462 e. The molecular weight excluding hydrogens is 286 g/mol. The van der Waals surface area contributed by atoms with Crippen molar-refractivity contribution in [2.45, 2.75) is 33.7 Å². The monoisotopic (exact) mass is 305 g/mol. The molecule has 2 rings (SSSR count). The molecule has 6 heteroatoms. The molecule has 2 aromatic rings. The standard InChI is InChI=1S/C15H19N3O2S/c1-5-20-15(19)12-7-6-8-16-14(12)18-10(3)13-9(2)17-11(4)21-13/h6-8,10H,5H2,1-4H3,(H,16,18). The van der Waals surface area contributed by atoms with E-state index in [1.807, 2.05) is 20.8 Å². The number of esters is 1. The second-order valence-electron chi connectivity index (χ2n) is 4.67. The SMILES string of the molecule is CCOC(=O)c1cccnc1NC(C)c1sc(C)nc1C. The molecule has 0 spiro atoms. The number of anilines is 1. The summed E-state index contributed by atoms with van der Waals surface area (Å²) >= 11 is 1.65. The summed E-state index contributed by atoms with van der Waals surface area (Å²) < 4.78 is 5.06. The number of rotatable bonds is 5. The van der Waals surface area contributed by atoms with Gasteiger partial charge in [-0.1, -0.05) is 0 Å². The average molecular weight is 305 g/mol. The van der Waals surface area contributed by atoms with E-state index in [-0.39, 0.29) is 12.0 Å². The first-order chi connectivity index (χ1) is 10.0. The maximum atomic E-state index is 11.9. The van der Waals surface area contributed by atoms with Gasteiger partial charge in [0.15, 0.2) is 0 Å². The highest BCUT2D eigenvalue weighted by molar-refractivity contribution is 7.11. The summed E-state index contributed by atoms with van der Waals surface area (Å²) in [7, 11) is 0. The molecule has 0 aliphatic carbocycles. The number of hydrogen-bond acceptors (Lipinski definition) is 6. The predicted octanol–water partition coefficient (Wildman–Crippen LogP) is 3.50. The van der Waals surface area contributed by atoms with Gasteiger partial charge in [-0.2, -0.15) is 0 Å². The number of aryl methyl sites for hydroxylation is 2. The lowest BCUT2D eigenvalue weighted by Crippen LogP contribution is -2.13. The maximum Gasteiger partial charge on any atom is 0.341 e. The Kier molecular flexibility index (Phi) is 4.90. The third kappa shape index (κ3) is 3.58. The number of ether oxygens (including phenoxy) is 1. The Bertz CT molecular complexity index is 640. The van der Waals surface area contributed by atoms with E-state index in [0.29, 0.717) is 18.0 Å². The van der Waals surface area contributed by atoms with Crippen LogP contribution in [0.2, 0.25) is 0 Å². The van der Waals surface area contributed by atoms with E-state index >= 15 is 0 Å². The molecule has 112 valence electrons. The van der Waals surface area contributed by atoms with Crippen LogP contribution in [0.15, 0.2) is 18.3 Å². The Balaban J connectivity index is 2.23. The van der Waals surface area contributed by atoms with Crippen molar-refractivity contribution in [1.82, 2.24) is 9.97 Å². The Morgan fingerprint density at radius 3 is 2.86 bits per heavy atom. The van der Waals surface area contributed by atoms with Crippen molar-refractivity contribution in [3.05, 3.63) is 39.5 Å². The maximum absolute atomic E-state index is 11.9. The van der Waals surface area contributed by atoms with E-state index in [2.05, 4.69) is 15.3 Å². The number of nitrogens with one attached hydrogen (secondary N) is 1. The highest BCUT2D eigenvalue weighted by atomic mass is 32.1. The van der Waals surface area contributed by atoms with Crippen LogP contribution in [-0.4, -0.2) is 22.5 Å². The lowest BCUT2D eigenvalue weighted by molar-refractivity contribution is 0.0527. The first kappa shape index (κ1) is 15.4. The number of carbonyl (C=O) groups is 1. The Hall–Kier alpha value is -1.95. The molecule has 5 nitrogen and oxygen atoms in total. The molecular formula is C15H19N3O2S. The summed E-state index contributed by atoms with van der Waals surface area (Å²) in [5.74, 6) is 0.173. The van der Waals surface area contributed by atoms with E-state index < -0.39 is 0 Å². The fraction of sp³-hybridized carbons (Fsp3) is 0.400. The van der Waals surface area contributed by atoms with Crippen LogP contribution in [0.1, 0.15) is 45.8 Å². The molecule has 0 aliphatic heterocycles. The third-order valence-electron chi connectivity index (χ3n) is 2.99. The van der Waals surface area contributed by atoms with Gasteiger partial charge in [0.1, 0.15) is 11.4 Å². The molecule has 1 N–H and O–H groups in total. The van der Waals surface area contributed by atoms with E-state index in [1.54, 1.807) is 36.6 Å². The van der Waals surface area contributed by atoms with Crippen LogP contribution in [-0.2, 0) is 4.74 Å². The van der Waals surface area contributed by atoms with Gasteiger partial charge in [0, 0.05) is 11.1 Å². The molecule has 0 amide bonds. The minimum absolute atomic E-state index is 0.0271. The van der Waals surface area contributed by atoms with Crippen LogP contribution in [0.3, 0.4) is 0 Å². The summed E-state index contributed by atoms with van der Waals surface area (Å²) in [6.07, 6.45) is 1.66. The Labute approximate surface area is 128 Å². The summed E-state index contributed by atoms with van der Waals surface area (Å²) in [5.41, 5.74) is 1.45. The highest BCUT2D eigenvalue weighted by Crippen LogP contribution is 2.28. The average Bonchev–Trinajstić information content (AvgIpc) is 2.78. The second-order valence-corrected chi connectivity index (χ2v) is 5.90. The molecule has 0 aromatic carbocycles. The van der Waals surface area contributed by atoms with E-state index in [1.165, 1.54) is 0 Å². The molecule has 0 aliphatic rings. The fourth-order valence-electron chi connectivity index (χ4n) is 2.11. The van der Waals surface area contributed by atoms with Gasteiger partial charge in [-0.15, -0.1) is 11.3 Å². The second kappa shape index (κ2) is 6.67. The first-order valence-corrected chi connectivity index (χ1v) is 7.67. The van der Waals surface area contributed by atoms with Crippen molar-refractivity contribution in [2.24, 2.45) is 0 Å². The van der Waals surface area contributed by atoms with Crippen molar-refractivity contribution >= 4 is 23.1 Å². The zero-order chi connectivity index (χ0) is 15.4. The van der Waals surface area contributed by atoms with Gasteiger partial charge in [0.25, 0.3) is 0 Å². The molecule has 1 atom stereocenters. The quantitative estimate of drug-likeness (QED) is 0.856. The molecule has 0 saturated heterocycles. The van der Waals surface area contributed by atoms with Gasteiger partial charge in [0.05, 0.1) is 23.4 Å². The van der Waals surface area contributed by atoms with Gasteiger partial charge in [0.2, 0.25) is 0 Å². The fourth-order valence-corrected chi connectivity index (χ4v) is 3.04. The number of carbonyl (C=O) groups excluding carboxylic acids is 1. The first-order valence-electron chi connectivity index (χ1n) is 6.85. The smallest absolute Gasteiger partial charge is 0.341 e. The molecule has 1 unspecified atom stereocenters. The third-order valence-corrected chi connectivity index (χ3v) is 4.24. The molecule has 0 saturated carbocycles. The zero-order valence-corrected chi connectivity index (χ0v) is 13.5. The number of hydrogen-bond donors (Lipinski definition) is 1. The normalized spacial score (nSPS) is 12.0. The van der Waals surface area contributed by atoms with Crippen molar-refractivity contribution in [2.75, 3.05) is 11.9 Å². The van der Waals surface area contributed by atoms with E-state index in [9.17, 15) is 4.79 Å². The zero-order valence-electron chi connectivity index (χ0n) is 12.6. The van der Waals surface area contributed by atoms with Crippen LogP contribution in [0.5, 0.6) is 0 Å². The van der Waals surface area contributed by atoms with Crippen LogP contribution in [0.25, 0.3) is 0 Å². The summed E-state index contributed by atoms with van der Waals surface area (Å²) in [4.78, 5) is 21.8. The van der Waals surface area contributed by atoms with Gasteiger partial charge >= 0.3 is 5.97 Å². The lowest BCUT2D eigenvalue weighted by Gasteiger charge is -2.15. The van der Waals surface area contributed by atoms with Crippen LogP contribution < -0.4 is 5.32 Å². The van der Waals surface area contributed by atoms with Crippen LogP contribution >= 0.6 is 11.3 Å². The number of nitrogens with zero attached hydrogens (tertiary/aromatic N) is 2. The van der Waals surface area contributed by atoms with Crippen molar-refractivity contribution in [3.8, 4) is 0 Å². The molecule has 0 fully saturated rings. The van der Waals surface area contributed by atoms with Crippen molar-refractivity contribution < 1.29 is 9.53 Å². The minimum Gasteiger partial charge on any atom is -0.462 e. The van der Waals surface area contributed by atoms with Gasteiger partial charge < -0.3 is 10.1 Å². The Morgan fingerprint density at radius 1 is 1.48 bits per heavy atom. The predicted molar refractivity (Wildman–Crippen MR) is 83.8 cm³/mol. The molecule has 2 aromatic heterocycles. The van der Waals surface area contributed by atoms with Gasteiger partial charge in [-0.3, -0.25) is 0 Å². The minimum atomic E-state index is -0.363. The van der Waals surface area contributed by atoms with Crippen LogP contribution in [0.4, 0.5) is 5.82 Å².